The third kappa shape index (κ3) is 5.56. The van der Waals surface area contributed by atoms with Crippen LogP contribution in [0, 0.1) is 0 Å². The second kappa shape index (κ2) is 11.2. The molecule has 0 radical (unpaired) electrons. The van der Waals surface area contributed by atoms with Crippen LogP contribution in [0.3, 0.4) is 0 Å². The lowest BCUT2D eigenvalue weighted by atomic mass is 9.94. The van der Waals surface area contributed by atoms with Gasteiger partial charge in [-0.15, -0.1) is 0 Å². The molecule has 1 fully saturated rings. The number of hydrogen-bond donors (Lipinski definition) is 1. The number of amides is 1. The molecule has 0 bridgehead atoms. The topological polar surface area (TPSA) is 71.8 Å². The number of carbonyl (C=O) groups excluding carboxylic acids is 1. The fourth-order valence-electron chi connectivity index (χ4n) is 3.98. The van der Waals surface area contributed by atoms with Gasteiger partial charge in [-0.25, -0.2) is 9.78 Å². The number of carbonyl (C=O) groups is 1. The van der Waals surface area contributed by atoms with E-state index in [1.54, 1.807) is 21.7 Å². The Morgan fingerprint density at radius 1 is 1.35 bits per heavy atom. The van der Waals surface area contributed by atoms with Crippen LogP contribution in [0.1, 0.15) is 36.9 Å². The second-order valence-electron chi connectivity index (χ2n) is 8.08. The van der Waals surface area contributed by atoms with Crippen molar-refractivity contribution in [3.63, 3.8) is 0 Å². The SMILES string of the molecule is C=C/C=C\C(=C/C)Nc1cc(C2CCCN(C(=O)OCc3ccccc3)C2)nc2c(Br)cnn12. The fraction of sp³-hybridized carbons (Fsp3) is 0.269. The standard InChI is InChI=1S/C26H28BrN5O2/c1-3-5-13-21(4-2)29-24-15-23(30-25-22(27)16-28-32(24)25)20-12-9-14-31(17-20)26(33)34-18-19-10-7-6-8-11-19/h3-8,10-11,13,15-16,20,29H,1,9,12,14,17-18H2,2H3/b13-5-,21-4+. The Hall–Kier alpha value is -3.39. The summed E-state index contributed by atoms with van der Waals surface area (Å²) in [4.78, 5) is 19.4. The zero-order valence-corrected chi connectivity index (χ0v) is 20.7. The lowest BCUT2D eigenvalue weighted by molar-refractivity contribution is 0.0856. The maximum atomic E-state index is 12.8. The quantitative estimate of drug-likeness (QED) is 0.382. The van der Waals surface area contributed by atoms with Gasteiger partial charge in [-0.1, -0.05) is 55.1 Å². The Morgan fingerprint density at radius 2 is 2.18 bits per heavy atom. The highest BCUT2D eigenvalue weighted by Gasteiger charge is 2.28. The highest BCUT2D eigenvalue weighted by atomic mass is 79.9. The van der Waals surface area contributed by atoms with Gasteiger partial charge in [0.2, 0.25) is 0 Å². The van der Waals surface area contributed by atoms with Crippen LogP contribution in [-0.2, 0) is 11.3 Å². The van der Waals surface area contributed by atoms with Crippen molar-refractivity contribution in [1.82, 2.24) is 19.5 Å². The van der Waals surface area contributed by atoms with E-state index in [0.717, 1.165) is 45.7 Å². The number of aromatic nitrogens is 3. The molecule has 1 saturated heterocycles. The normalized spacial score (nSPS) is 16.7. The van der Waals surface area contributed by atoms with Gasteiger partial charge in [-0.3, -0.25) is 0 Å². The lowest BCUT2D eigenvalue weighted by Gasteiger charge is -2.32. The van der Waals surface area contributed by atoms with Gasteiger partial charge in [0.1, 0.15) is 12.4 Å². The highest BCUT2D eigenvalue weighted by molar-refractivity contribution is 9.10. The number of allylic oxidation sites excluding steroid dienone is 4. The van der Waals surface area contributed by atoms with Crippen LogP contribution in [-0.4, -0.2) is 38.7 Å². The minimum Gasteiger partial charge on any atom is -0.445 e. The predicted molar refractivity (Wildman–Crippen MR) is 138 cm³/mol. The molecular weight excluding hydrogens is 494 g/mol. The highest BCUT2D eigenvalue weighted by Crippen LogP contribution is 2.30. The van der Waals surface area contributed by atoms with E-state index in [1.807, 2.05) is 61.5 Å². The number of benzene rings is 1. The molecule has 1 aliphatic rings. The molecular formula is C26H28BrN5O2. The van der Waals surface area contributed by atoms with Crippen LogP contribution in [0.5, 0.6) is 0 Å². The lowest BCUT2D eigenvalue weighted by Crippen LogP contribution is -2.39. The summed E-state index contributed by atoms with van der Waals surface area (Å²) in [5.74, 6) is 0.902. The molecule has 1 N–H and O–H groups in total. The van der Waals surface area contributed by atoms with E-state index in [1.165, 1.54) is 0 Å². The number of nitrogens with zero attached hydrogens (tertiary/aromatic N) is 4. The Kier molecular flexibility index (Phi) is 7.80. The summed E-state index contributed by atoms with van der Waals surface area (Å²) in [7, 11) is 0. The van der Waals surface area contributed by atoms with Crippen LogP contribution in [0.4, 0.5) is 10.6 Å². The summed E-state index contributed by atoms with van der Waals surface area (Å²) < 4.78 is 8.15. The maximum Gasteiger partial charge on any atom is 0.410 e. The van der Waals surface area contributed by atoms with Gasteiger partial charge in [-0.05, 0) is 47.3 Å². The van der Waals surface area contributed by atoms with Gasteiger partial charge >= 0.3 is 6.09 Å². The van der Waals surface area contributed by atoms with Gasteiger partial charge < -0.3 is 15.0 Å². The summed E-state index contributed by atoms with van der Waals surface area (Å²) in [6.45, 7) is 7.22. The van der Waals surface area contributed by atoms with Crippen molar-refractivity contribution >= 4 is 33.5 Å². The summed E-state index contributed by atoms with van der Waals surface area (Å²) in [5, 5.41) is 7.89. The number of rotatable bonds is 7. The number of nitrogens with one attached hydrogen (secondary N) is 1. The third-order valence-electron chi connectivity index (χ3n) is 5.75. The van der Waals surface area contributed by atoms with E-state index in [2.05, 4.69) is 32.9 Å². The number of hydrogen-bond acceptors (Lipinski definition) is 5. The largest absolute Gasteiger partial charge is 0.445 e. The van der Waals surface area contributed by atoms with Crippen molar-refractivity contribution < 1.29 is 9.53 Å². The third-order valence-corrected chi connectivity index (χ3v) is 6.31. The van der Waals surface area contributed by atoms with Gasteiger partial charge in [-0.2, -0.15) is 9.61 Å². The first-order valence-corrected chi connectivity index (χ1v) is 12.1. The summed E-state index contributed by atoms with van der Waals surface area (Å²) >= 11 is 3.56. The number of piperidine rings is 1. The second-order valence-corrected chi connectivity index (χ2v) is 8.94. The van der Waals surface area contributed by atoms with Crippen LogP contribution in [0.25, 0.3) is 5.65 Å². The first-order chi connectivity index (χ1) is 16.6. The Labute approximate surface area is 208 Å². The predicted octanol–water partition coefficient (Wildman–Crippen LogP) is 6.07. The van der Waals surface area contributed by atoms with Crippen molar-refractivity contribution in [3.8, 4) is 0 Å². The number of likely N-dealkylation sites (tertiary alicyclic amines) is 1. The number of anilines is 1. The molecule has 1 unspecified atom stereocenters. The molecule has 2 aromatic heterocycles. The molecule has 8 heteroatoms. The molecule has 1 aromatic carbocycles. The van der Waals surface area contributed by atoms with E-state index in [-0.39, 0.29) is 18.6 Å². The molecule has 1 atom stereocenters. The number of fused-ring (bicyclic) bond motifs is 1. The van der Waals surface area contributed by atoms with Crippen molar-refractivity contribution in [3.05, 3.63) is 94.9 Å². The molecule has 7 nitrogen and oxygen atoms in total. The molecule has 0 spiro atoms. The van der Waals surface area contributed by atoms with Crippen molar-refractivity contribution in [2.24, 2.45) is 0 Å². The van der Waals surface area contributed by atoms with Gasteiger partial charge in [0.25, 0.3) is 0 Å². The summed E-state index contributed by atoms with van der Waals surface area (Å²) in [6.07, 6.45) is 10.8. The van der Waals surface area contributed by atoms with Crippen molar-refractivity contribution in [1.29, 1.82) is 0 Å². The van der Waals surface area contributed by atoms with Crippen molar-refractivity contribution in [2.75, 3.05) is 18.4 Å². The van der Waals surface area contributed by atoms with E-state index in [9.17, 15) is 4.79 Å². The van der Waals surface area contributed by atoms with E-state index >= 15 is 0 Å². The van der Waals surface area contributed by atoms with E-state index in [4.69, 9.17) is 9.72 Å². The first kappa shape index (κ1) is 23.8. The minimum absolute atomic E-state index is 0.100. The maximum absolute atomic E-state index is 12.8. The van der Waals surface area contributed by atoms with Gasteiger partial charge in [0.05, 0.1) is 16.4 Å². The molecule has 1 amide bonds. The molecule has 3 heterocycles. The van der Waals surface area contributed by atoms with Crippen LogP contribution < -0.4 is 5.32 Å². The van der Waals surface area contributed by atoms with Crippen LogP contribution in [0.15, 0.2) is 83.6 Å². The molecule has 176 valence electrons. The monoisotopic (exact) mass is 521 g/mol. The smallest absolute Gasteiger partial charge is 0.410 e. The van der Waals surface area contributed by atoms with Crippen LogP contribution in [0.2, 0.25) is 0 Å². The van der Waals surface area contributed by atoms with Crippen LogP contribution >= 0.6 is 15.9 Å². The fourth-order valence-corrected chi connectivity index (χ4v) is 4.33. The molecule has 3 aromatic rings. The number of ether oxygens (including phenoxy) is 1. The van der Waals surface area contributed by atoms with E-state index < -0.39 is 0 Å². The molecule has 1 aliphatic heterocycles. The Bertz CT molecular complexity index is 1220. The average Bonchev–Trinajstić information content (AvgIpc) is 3.26. The molecule has 0 saturated carbocycles. The Balaban J connectivity index is 1.54. The molecule has 34 heavy (non-hydrogen) atoms. The Morgan fingerprint density at radius 3 is 2.94 bits per heavy atom. The number of halogens is 1. The zero-order valence-electron chi connectivity index (χ0n) is 19.2. The average molecular weight is 522 g/mol. The summed E-state index contributed by atoms with van der Waals surface area (Å²) in [6, 6.07) is 11.7. The molecule has 0 aliphatic carbocycles. The van der Waals surface area contributed by atoms with Gasteiger partial charge in [0, 0.05) is 30.8 Å². The van der Waals surface area contributed by atoms with Crippen molar-refractivity contribution in [2.45, 2.75) is 32.3 Å². The minimum atomic E-state index is -0.288. The summed E-state index contributed by atoms with van der Waals surface area (Å²) in [5.41, 5.74) is 3.54. The van der Waals surface area contributed by atoms with E-state index in [0.29, 0.717) is 13.1 Å². The first-order valence-electron chi connectivity index (χ1n) is 11.3. The molecule has 4 rings (SSSR count). The zero-order chi connectivity index (χ0) is 23.9. The van der Waals surface area contributed by atoms with Gasteiger partial charge in [0.15, 0.2) is 5.65 Å².